The molecule has 1 aromatic rings. The Labute approximate surface area is 162 Å². The maximum atomic E-state index is 7.04. The van der Waals surface area contributed by atoms with E-state index in [2.05, 4.69) is 31.3 Å². The van der Waals surface area contributed by atoms with Crippen molar-refractivity contribution in [2.75, 3.05) is 14.2 Å². The van der Waals surface area contributed by atoms with Gasteiger partial charge in [0, 0.05) is 0 Å². The van der Waals surface area contributed by atoms with Crippen molar-refractivity contribution in [3.8, 4) is 11.5 Å². The fourth-order valence-electron chi connectivity index (χ4n) is 5.25. The number of hydrogen-bond donors (Lipinski definition) is 0. The van der Waals surface area contributed by atoms with Gasteiger partial charge in [-0.3, -0.25) is 0 Å². The van der Waals surface area contributed by atoms with Crippen molar-refractivity contribution in [2.45, 2.75) is 66.3 Å². The molecule has 24 heavy (non-hydrogen) atoms. The van der Waals surface area contributed by atoms with E-state index in [1.807, 2.05) is 6.07 Å². The van der Waals surface area contributed by atoms with E-state index in [1.165, 1.54) is 56.7 Å². The number of benzene rings is 1. The van der Waals surface area contributed by atoms with Crippen LogP contribution in [0.5, 0.6) is 11.5 Å². The van der Waals surface area contributed by atoms with Crippen LogP contribution in [0.3, 0.4) is 0 Å². The molecule has 139 valence electrons. The molecule has 1 aromatic carbocycles. The van der Waals surface area contributed by atoms with Gasteiger partial charge in [-0.25, -0.2) is 0 Å². The van der Waals surface area contributed by atoms with Crippen LogP contribution >= 0.6 is 18.9 Å². The van der Waals surface area contributed by atoms with E-state index >= 15 is 0 Å². The zero-order valence-corrected chi connectivity index (χ0v) is 17.9. The van der Waals surface area contributed by atoms with Crippen LogP contribution in [0.15, 0.2) is 18.2 Å². The number of rotatable bonds is 6. The molecule has 0 aromatic heterocycles. The molecule has 2 nitrogen and oxygen atoms in total. The van der Waals surface area contributed by atoms with Crippen molar-refractivity contribution >= 4 is 24.2 Å². The Hall–Kier alpha value is 0.202. The SMILES string of the molecule is COc1cccc(OC)c1[PH]([CH](Cl)[Pd])(C1CCCC1)C1CCCC1. The molecule has 2 aliphatic carbocycles. The molecule has 2 fully saturated rings. The van der Waals surface area contributed by atoms with Gasteiger partial charge in [0.15, 0.2) is 0 Å². The molecular weight excluding hydrogens is 433 g/mol. The molecule has 0 N–H and O–H groups in total. The van der Waals surface area contributed by atoms with Crippen molar-refractivity contribution in [1.82, 2.24) is 0 Å². The van der Waals surface area contributed by atoms with Crippen molar-refractivity contribution in [3.05, 3.63) is 18.2 Å². The summed E-state index contributed by atoms with van der Waals surface area (Å²) in [6.07, 6.45) is 10.6. The Bertz CT molecular complexity index is 516. The molecule has 3 rings (SSSR count). The normalized spacial score (nSPS) is 21.9. The van der Waals surface area contributed by atoms with Crippen LogP contribution in [0.4, 0.5) is 0 Å². The van der Waals surface area contributed by atoms with E-state index in [9.17, 15) is 0 Å². The standard InChI is InChI=1S/C19H29ClO2P.Pd/c1-21-17-12-7-13-18(22-2)19(17)23(14-20,15-8-3-4-9-15)16-10-5-6-11-16;/h7,12-16,23H,3-6,8-11H2,1-2H3;. The van der Waals surface area contributed by atoms with Crippen LogP contribution < -0.4 is 14.8 Å². The Morgan fingerprint density at radius 3 is 1.71 bits per heavy atom. The fraction of sp³-hybridized carbons (Fsp3) is 0.684. The zero-order chi connectivity index (χ0) is 17.2. The first kappa shape index (κ1) is 19.0. The van der Waals surface area contributed by atoms with Gasteiger partial charge in [0.25, 0.3) is 0 Å². The second-order valence-corrected chi connectivity index (χ2v) is 14.8. The first-order valence-electron chi connectivity index (χ1n) is 9.12. The molecule has 0 aliphatic heterocycles. The summed E-state index contributed by atoms with van der Waals surface area (Å²) < 4.78 is 11.7. The summed E-state index contributed by atoms with van der Waals surface area (Å²) in [6, 6.07) is 6.23. The molecular formula is C19H29ClO2PPd. The third-order valence-corrected chi connectivity index (χ3v) is 15.4. The summed E-state index contributed by atoms with van der Waals surface area (Å²) >= 11 is 10.6. The van der Waals surface area contributed by atoms with Gasteiger partial charge in [0.1, 0.15) is 0 Å². The quantitative estimate of drug-likeness (QED) is 0.336. The van der Waals surface area contributed by atoms with Crippen molar-refractivity contribution in [3.63, 3.8) is 0 Å². The summed E-state index contributed by atoms with van der Waals surface area (Å²) in [5, 5.41) is 1.33. The Morgan fingerprint density at radius 2 is 1.38 bits per heavy atom. The maximum absolute atomic E-state index is 7.04. The third kappa shape index (κ3) is 3.16. The molecule has 2 aliphatic rings. The van der Waals surface area contributed by atoms with Gasteiger partial charge in [-0.1, -0.05) is 0 Å². The summed E-state index contributed by atoms with van der Waals surface area (Å²) in [4.78, 5) is 0. The Morgan fingerprint density at radius 1 is 0.958 bits per heavy atom. The minimum absolute atomic E-state index is 0.0527. The molecule has 0 spiro atoms. The number of methoxy groups -OCH3 is 2. The molecule has 5 heteroatoms. The van der Waals surface area contributed by atoms with Crippen LogP contribution in [0.25, 0.3) is 0 Å². The van der Waals surface area contributed by atoms with Crippen LogP contribution in [-0.2, 0) is 19.2 Å². The van der Waals surface area contributed by atoms with Gasteiger partial charge >= 0.3 is 163 Å². The first-order chi connectivity index (χ1) is 11.7. The van der Waals surface area contributed by atoms with Crippen LogP contribution in [0, 0.1) is 0 Å². The van der Waals surface area contributed by atoms with E-state index in [-0.39, 0.29) is 3.59 Å². The third-order valence-electron chi connectivity index (χ3n) is 6.25. The van der Waals surface area contributed by atoms with Gasteiger partial charge in [0.05, 0.1) is 0 Å². The predicted molar refractivity (Wildman–Crippen MR) is 102 cm³/mol. The molecule has 0 heterocycles. The Balaban J connectivity index is 2.24. The number of alkyl halides is 1. The Kier molecular flexibility index (Phi) is 6.53. The molecule has 1 unspecified atom stereocenters. The van der Waals surface area contributed by atoms with Crippen LogP contribution in [-0.4, -0.2) is 29.1 Å². The van der Waals surface area contributed by atoms with E-state index in [0.29, 0.717) is 0 Å². The summed E-state index contributed by atoms with van der Waals surface area (Å²) in [7, 11) is 1.49. The summed E-state index contributed by atoms with van der Waals surface area (Å²) in [6.45, 7) is 0. The predicted octanol–water partition coefficient (Wildman–Crippen LogP) is 5.03. The number of ether oxygens (including phenoxy) is 2. The second kappa shape index (κ2) is 8.26. The first-order valence-corrected chi connectivity index (χ1v) is 12.7. The average molecular weight is 462 g/mol. The second-order valence-electron chi connectivity index (χ2n) is 7.20. The van der Waals surface area contributed by atoms with Crippen molar-refractivity contribution in [1.29, 1.82) is 0 Å². The summed E-state index contributed by atoms with van der Waals surface area (Å²) in [5.74, 6) is 1.97. The fourth-order valence-corrected chi connectivity index (χ4v) is 15.8. The minimum atomic E-state index is -2.07. The molecule has 2 saturated carbocycles. The van der Waals surface area contributed by atoms with Crippen molar-refractivity contribution in [2.24, 2.45) is 0 Å². The molecule has 0 saturated heterocycles. The van der Waals surface area contributed by atoms with Gasteiger partial charge in [0.2, 0.25) is 0 Å². The van der Waals surface area contributed by atoms with E-state index in [0.717, 1.165) is 22.8 Å². The van der Waals surface area contributed by atoms with E-state index < -0.39 is 7.26 Å². The molecule has 0 bridgehead atoms. The van der Waals surface area contributed by atoms with Crippen molar-refractivity contribution < 1.29 is 28.7 Å². The van der Waals surface area contributed by atoms with E-state index in [1.54, 1.807) is 14.2 Å². The van der Waals surface area contributed by atoms with Gasteiger partial charge in [-0.15, -0.1) is 0 Å². The average Bonchev–Trinajstić information content (AvgIpc) is 3.29. The van der Waals surface area contributed by atoms with Gasteiger partial charge in [-0.2, -0.15) is 0 Å². The summed E-state index contributed by atoms with van der Waals surface area (Å²) in [5.41, 5.74) is 1.45. The van der Waals surface area contributed by atoms with Gasteiger partial charge < -0.3 is 0 Å². The topological polar surface area (TPSA) is 18.5 Å². The number of halogens is 1. The molecule has 0 amide bonds. The van der Waals surface area contributed by atoms with Gasteiger partial charge in [-0.05, 0) is 0 Å². The van der Waals surface area contributed by atoms with Crippen LogP contribution in [0.2, 0.25) is 0 Å². The number of hydrogen-bond acceptors (Lipinski definition) is 2. The monoisotopic (exact) mass is 461 g/mol. The van der Waals surface area contributed by atoms with Crippen LogP contribution in [0.1, 0.15) is 51.4 Å². The molecule has 1 atom stereocenters. The zero-order valence-electron chi connectivity index (χ0n) is 14.6. The van der Waals surface area contributed by atoms with E-state index in [4.69, 9.17) is 21.1 Å². The molecule has 0 radical (unpaired) electrons.